The summed E-state index contributed by atoms with van der Waals surface area (Å²) < 4.78 is 34.0. The minimum absolute atomic E-state index is 0.0394. The molecule has 202 valence electrons. The topological polar surface area (TPSA) is 89.5 Å². The normalized spacial score (nSPS) is 27.4. The van der Waals surface area contributed by atoms with Gasteiger partial charge in [0.15, 0.2) is 0 Å². The first-order valence-corrected chi connectivity index (χ1v) is 12.5. The number of hydrogen-bond donors (Lipinski definition) is 0. The van der Waals surface area contributed by atoms with Gasteiger partial charge in [0.05, 0.1) is 24.9 Å². The van der Waals surface area contributed by atoms with Crippen molar-refractivity contribution in [2.75, 3.05) is 40.8 Å². The van der Waals surface area contributed by atoms with Crippen LogP contribution in [0.15, 0.2) is 65.8 Å². The van der Waals surface area contributed by atoms with Gasteiger partial charge in [-0.2, -0.15) is 0 Å². The van der Waals surface area contributed by atoms with E-state index in [2.05, 4.69) is 13.8 Å². The molecule has 0 amide bonds. The summed E-state index contributed by atoms with van der Waals surface area (Å²) in [7, 11) is 3.22. The molecule has 0 saturated carbocycles. The second-order valence-electron chi connectivity index (χ2n) is 9.64. The zero-order valence-corrected chi connectivity index (χ0v) is 22.3. The molecule has 1 aromatic carbocycles. The van der Waals surface area contributed by atoms with Gasteiger partial charge < -0.3 is 28.4 Å². The lowest BCUT2D eigenvalue weighted by atomic mass is 9.61. The van der Waals surface area contributed by atoms with Crippen LogP contribution < -0.4 is 0 Å². The SMILES string of the molecule is COCCOCO[C@@H]1/C=C\COC(=O)/C=C/[C@@H](OC)[C@@H]2C[C@@H](OC(=O)c3ccccc3)C(C)=C1C2(C)C. The van der Waals surface area contributed by atoms with Crippen LogP contribution in [0.25, 0.3) is 0 Å². The fourth-order valence-corrected chi connectivity index (χ4v) is 5.09. The zero-order valence-electron chi connectivity index (χ0n) is 22.3. The van der Waals surface area contributed by atoms with Crippen LogP contribution in [0.3, 0.4) is 0 Å². The predicted octanol–water partition coefficient (Wildman–Crippen LogP) is 4.26. The molecule has 8 nitrogen and oxygen atoms in total. The highest BCUT2D eigenvalue weighted by atomic mass is 16.7. The standard InChI is InChI=1S/C29H38O8/c1-20-25(37-28(31)21-10-7-6-8-11-21)18-22-23(33-5)13-14-26(30)35-15-9-12-24(27(20)29(22,2)3)36-19-34-17-16-32-4/h6-14,22-25H,15-19H2,1-5H3/b12-9-,14-13+/t22-,23+,24+,25+/m0/s1. The van der Waals surface area contributed by atoms with Gasteiger partial charge >= 0.3 is 11.9 Å². The predicted molar refractivity (Wildman–Crippen MR) is 138 cm³/mol. The van der Waals surface area contributed by atoms with Crippen LogP contribution in [-0.2, 0) is 33.2 Å². The Labute approximate surface area is 219 Å². The Morgan fingerprint density at radius 3 is 2.57 bits per heavy atom. The molecule has 0 fully saturated rings. The van der Waals surface area contributed by atoms with E-state index in [0.717, 1.165) is 11.1 Å². The van der Waals surface area contributed by atoms with Crippen molar-refractivity contribution in [1.82, 2.24) is 0 Å². The maximum atomic E-state index is 13.0. The summed E-state index contributed by atoms with van der Waals surface area (Å²) in [5.41, 5.74) is 1.95. The summed E-state index contributed by atoms with van der Waals surface area (Å²) in [6.07, 6.45) is 5.81. The van der Waals surface area contributed by atoms with E-state index in [0.29, 0.717) is 25.2 Å². The van der Waals surface area contributed by atoms with Crippen LogP contribution in [0.4, 0.5) is 0 Å². The molecule has 0 N–H and O–H groups in total. The highest BCUT2D eigenvalue weighted by Gasteiger charge is 2.47. The first-order chi connectivity index (χ1) is 17.8. The van der Waals surface area contributed by atoms with Crippen molar-refractivity contribution in [3.63, 3.8) is 0 Å². The molecule has 2 aliphatic rings. The van der Waals surface area contributed by atoms with Gasteiger partial charge in [-0.1, -0.05) is 38.1 Å². The largest absolute Gasteiger partial charge is 0.458 e. The average Bonchev–Trinajstić information content (AvgIpc) is 2.88. The second kappa shape index (κ2) is 13.7. The molecule has 1 aromatic rings. The Bertz CT molecular complexity index is 994. The molecule has 37 heavy (non-hydrogen) atoms. The Hall–Kier alpha value is -2.78. The molecule has 8 heteroatoms. The number of rotatable bonds is 9. The third-order valence-corrected chi connectivity index (χ3v) is 7.03. The van der Waals surface area contributed by atoms with Gasteiger partial charge in [-0.15, -0.1) is 0 Å². The van der Waals surface area contributed by atoms with Crippen LogP contribution >= 0.6 is 0 Å². The molecule has 2 bridgehead atoms. The number of cyclic esters (lactones) is 1. The molecule has 0 spiro atoms. The summed E-state index contributed by atoms with van der Waals surface area (Å²) >= 11 is 0. The summed E-state index contributed by atoms with van der Waals surface area (Å²) in [5.74, 6) is -0.990. The van der Waals surface area contributed by atoms with Gasteiger partial charge in [0.1, 0.15) is 25.6 Å². The monoisotopic (exact) mass is 514 g/mol. The maximum Gasteiger partial charge on any atom is 0.338 e. The summed E-state index contributed by atoms with van der Waals surface area (Å²) in [4.78, 5) is 25.3. The Kier molecular flexibility index (Phi) is 10.6. The quantitative estimate of drug-likeness (QED) is 0.209. The van der Waals surface area contributed by atoms with E-state index in [1.165, 1.54) is 6.08 Å². The Morgan fingerprint density at radius 1 is 1.11 bits per heavy atom. The number of benzene rings is 1. The smallest absolute Gasteiger partial charge is 0.338 e. The molecule has 0 unspecified atom stereocenters. The van der Waals surface area contributed by atoms with E-state index in [4.69, 9.17) is 28.4 Å². The van der Waals surface area contributed by atoms with Crippen LogP contribution in [-0.4, -0.2) is 71.1 Å². The highest BCUT2D eigenvalue weighted by Crippen LogP contribution is 2.50. The minimum Gasteiger partial charge on any atom is -0.458 e. The molecule has 1 aliphatic heterocycles. The van der Waals surface area contributed by atoms with E-state index in [1.807, 2.05) is 19.1 Å². The van der Waals surface area contributed by atoms with E-state index >= 15 is 0 Å². The van der Waals surface area contributed by atoms with Gasteiger partial charge in [0.2, 0.25) is 0 Å². The number of esters is 2. The second-order valence-corrected chi connectivity index (χ2v) is 9.64. The minimum atomic E-state index is -0.504. The van der Waals surface area contributed by atoms with Gasteiger partial charge in [-0.05, 0) is 54.2 Å². The van der Waals surface area contributed by atoms with E-state index in [1.54, 1.807) is 50.6 Å². The van der Waals surface area contributed by atoms with Gasteiger partial charge in [-0.25, -0.2) is 9.59 Å². The highest BCUT2D eigenvalue weighted by molar-refractivity contribution is 5.89. The summed E-state index contributed by atoms with van der Waals surface area (Å²) in [5, 5.41) is 0. The Balaban J connectivity index is 2.03. The summed E-state index contributed by atoms with van der Waals surface area (Å²) in [6.45, 7) is 7.22. The maximum absolute atomic E-state index is 13.0. The van der Waals surface area contributed by atoms with Crippen molar-refractivity contribution in [1.29, 1.82) is 0 Å². The number of carbonyl (C=O) groups excluding carboxylic acids is 2. The van der Waals surface area contributed by atoms with Crippen LogP contribution in [0, 0.1) is 11.3 Å². The molecule has 0 aromatic heterocycles. The number of hydrogen-bond acceptors (Lipinski definition) is 8. The lowest BCUT2D eigenvalue weighted by molar-refractivity contribution is -0.136. The van der Waals surface area contributed by atoms with Crippen LogP contribution in [0.1, 0.15) is 37.6 Å². The molecule has 1 heterocycles. The molecular formula is C29H38O8. The molecule has 3 rings (SSSR count). The average molecular weight is 515 g/mol. The number of ether oxygens (including phenoxy) is 6. The van der Waals surface area contributed by atoms with Gasteiger partial charge in [0.25, 0.3) is 0 Å². The molecular weight excluding hydrogens is 476 g/mol. The molecule has 0 saturated heterocycles. The summed E-state index contributed by atoms with van der Waals surface area (Å²) in [6, 6.07) is 8.93. The zero-order chi connectivity index (χ0) is 26.8. The van der Waals surface area contributed by atoms with Gasteiger partial charge in [-0.3, -0.25) is 0 Å². The fourth-order valence-electron chi connectivity index (χ4n) is 5.09. The number of fused-ring (bicyclic) bond motifs is 2. The van der Waals surface area contributed by atoms with Crippen molar-refractivity contribution in [3.05, 3.63) is 71.3 Å². The van der Waals surface area contributed by atoms with E-state index in [9.17, 15) is 9.59 Å². The lowest BCUT2D eigenvalue weighted by Gasteiger charge is -2.48. The van der Waals surface area contributed by atoms with E-state index in [-0.39, 0.29) is 19.3 Å². The van der Waals surface area contributed by atoms with Crippen molar-refractivity contribution >= 4 is 11.9 Å². The van der Waals surface area contributed by atoms with Crippen molar-refractivity contribution in [2.24, 2.45) is 11.3 Å². The number of methoxy groups -OCH3 is 2. The fraction of sp³-hybridized carbons (Fsp3) is 0.517. The van der Waals surface area contributed by atoms with Crippen molar-refractivity contribution in [3.8, 4) is 0 Å². The number of carbonyl (C=O) groups is 2. The van der Waals surface area contributed by atoms with Gasteiger partial charge in [0, 0.05) is 26.2 Å². The van der Waals surface area contributed by atoms with Crippen LogP contribution in [0.5, 0.6) is 0 Å². The molecule has 4 atom stereocenters. The lowest BCUT2D eigenvalue weighted by Crippen LogP contribution is -2.47. The Morgan fingerprint density at radius 2 is 1.86 bits per heavy atom. The molecule has 0 radical (unpaired) electrons. The van der Waals surface area contributed by atoms with E-state index < -0.39 is 35.7 Å². The van der Waals surface area contributed by atoms with Crippen molar-refractivity contribution in [2.45, 2.75) is 45.5 Å². The first kappa shape index (κ1) is 28.8. The third kappa shape index (κ3) is 7.38. The van der Waals surface area contributed by atoms with Crippen LogP contribution in [0.2, 0.25) is 0 Å². The third-order valence-electron chi connectivity index (χ3n) is 7.03. The van der Waals surface area contributed by atoms with Crippen molar-refractivity contribution < 1.29 is 38.0 Å². The first-order valence-electron chi connectivity index (χ1n) is 12.5. The molecule has 1 aliphatic carbocycles.